The van der Waals surface area contributed by atoms with Crippen molar-refractivity contribution in [3.8, 4) is 11.5 Å². The van der Waals surface area contributed by atoms with Crippen LogP contribution in [0.25, 0.3) is 0 Å². The van der Waals surface area contributed by atoms with Crippen LogP contribution in [0.3, 0.4) is 0 Å². The number of nitrogens with zero attached hydrogens (tertiary/aromatic N) is 1. The molecule has 0 atom stereocenters. The van der Waals surface area contributed by atoms with Crippen molar-refractivity contribution in [2.45, 2.75) is 22.8 Å². The van der Waals surface area contributed by atoms with Crippen molar-refractivity contribution in [1.82, 2.24) is 5.32 Å². The molecule has 0 radical (unpaired) electrons. The Kier molecular flexibility index (Phi) is 6.27. The van der Waals surface area contributed by atoms with Crippen LogP contribution < -0.4 is 19.7 Å². The predicted molar refractivity (Wildman–Crippen MR) is 120 cm³/mol. The number of para-hydroxylation sites is 2. The number of nitrogens with one attached hydrogen (secondary N) is 1. The van der Waals surface area contributed by atoms with Gasteiger partial charge in [0.15, 0.2) is 11.5 Å². The van der Waals surface area contributed by atoms with Crippen molar-refractivity contribution in [3.63, 3.8) is 0 Å². The van der Waals surface area contributed by atoms with Gasteiger partial charge in [-0.15, -0.1) is 0 Å². The monoisotopic (exact) mass is 406 g/mol. The molecule has 0 aliphatic carbocycles. The van der Waals surface area contributed by atoms with Crippen molar-refractivity contribution in [3.05, 3.63) is 72.3 Å². The number of hydrogen-bond donors (Lipinski definition) is 1. The molecule has 1 heterocycles. The largest absolute Gasteiger partial charge is 0.493 e. The van der Waals surface area contributed by atoms with Gasteiger partial charge in [-0.2, -0.15) is 0 Å². The van der Waals surface area contributed by atoms with E-state index in [1.807, 2.05) is 23.9 Å². The minimum Gasteiger partial charge on any atom is -0.493 e. The van der Waals surface area contributed by atoms with Gasteiger partial charge in [-0.1, -0.05) is 42.1 Å². The maximum atomic E-state index is 5.39. The first kappa shape index (κ1) is 19.7. The Morgan fingerprint density at radius 3 is 2.14 bits per heavy atom. The molecule has 3 aromatic rings. The minimum atomic E-state index is 0.761. The van der Waals surface area contributed by atoms with Gasteiger partial charge in [0.2, 0.25) is 0 Å². The first-order valence-corrected chi connectivity index (χ1v) is 10.7. The molecule has 0 saturated heterocycles. The highest BCUT2D eigenvalue weighted by Crippen LogP contribution is 2.47. The molecule has 29 heavy (non-hydrogen) atoms. The van der Waals surface area contributed by atoms with Crippen LogP contribution in [0.5, 0.6) is 11.5 Å². The number of ether oxygens (including phenoxy) is 2. The maximum absolute atomic E-state index is 5.39. The summed E-state index contributed by atoms with van der Waals surface area (Å²) in [4.78, 5) is 5.09. The van der Waals surface area contributed by atoms with Crippen LogP contribution in [0.2, 0.25) is 0 Å². The molecule has 3 aromatic carbocycles. The van der Waals surface area contributed by atoms with Crippen LogP contribution in [0, 0.1) is 0 Å². The van der Waals surface area contributed by atoms with E-state index in [9.17, 15) is 0 Å². The van der Waals surface area contributed by atoms with Gasteiger partial charge in [0.25, 0.3) is 0 Å². The molecule has 1 aliphatic heterocycles. The van der Waals surface area contributed by atoms with Gasteiger partial charge in [-0.25, -0.2) is 0 Å². The molecule has 0 amide bonds. The highest BCUT2D eigenvalue weighted by atomic mass is 32.2. The van der Waals surface area contributed by atoms with Gasteiger partial charge in [-0.05, 0) is 54.9 Å². The van der Waals surface area contributed by atoms with Crippen molar-refractivity contribution in [1.29, 1.82) is 0 Å². The van der Waals surface area contributed by atoms with Gasteiger partial charge in [0.1, 0.15) is 0 Å². The van der Waals surface area contributed by atoms with E-state index < -0.39 is 0 Å². The smallest absolute Gasteiger partial charge is 0.161 e. The van der Waals surface area contributed by atoms with Gasteiger partial charge >= 0.3 is 0 Å². The Morgan fingerprint density at radius 1 is 0.828 bits per heavy atom. The average Bonchev–Trinajstić information content (AvgIpc) is 2.78. The molecule has 1 N–H and O–H groups in total. The van der Waals surface area contributed by atoms with Crippen LogP contribution >= 0.6 is 11.8 Å². The molecule has 0 aromatic heterocycles. The van der Waals surface area contributed by atoms with Crippen molar-refractivity contribution in [2.75, 3.05) is 32.2 Å². The second-order valence-electron chi connectivity index (χ2n) is 6.91. The van der Waals surface area contributed by atoms with Gasteiger partial charge in [0, 0.05) is 22.9 Å². The fourth-order valence-corrected chi connectivity index (χ4v) is 4.70. The van der Waals surface area contributed by atoms with Gasteiger partial charge < -0.3 is 19.7 Å². The molecular weight excluding hydrogens is 380 g/mol. The molecule has 0 bridgehead atoms. The predicted octanol–water partition coefficient (Wildman–Crippen LogP) is 5.49. The van der Waals surface area contributed by atoms with Crippen LogP contribution in [-0.4, -0.2) is 27.3 Å². The zero-order chi connectivity index (χ0) is 20.1. The Morgan fingerprint density at radius 2 is 1.48 bits per heavy atom. The van der Waals surface area contributed by atoms with E-state index in [4.69, 9.17) is 9.47 Å². The molecule has 4 rings (SSSR count). The van der Waals surface area contributed by atoms with Crippen molar-refractivity contribution >= 4 is 23.1 Å². The first-order chi connectivity index (χ1) is 14.3. The third-order valence-electron chi connectivity index (χ3n) is 5.04. The highest BCUT2D eigenvalue weighted by Gasteiger charge is 2.22. The SMILES string of the molecule is COc1ccc(CNCCCN2c3ccccc3Sc3ccccc32)cc1OC. The van der Waals surface area contributed by atoms with Crippen LogP contribution in [0.1, 0.15) is 12.0 Å². The van der Waals surface area contributed by atoms with E-state index in [2.05, 4.69) is 64.8 Å². The highest BCUT2D eigenvalue weighted by molar-refractivity contribution is 7.99. The summed E-state index contributed by atoms with van der Waals surface area (Å²) in [6.07, 6.45) is 1.06. The zero-order valence-corrected chi connectivity index (χ0v) is 17.7. The summed E-state index contributed by atoms with van der Waals surface area (Å²) in [6, 6.07) is 23.4. The normalized spacial score (nSPS) is 12.3. The topological polar surface area (TPSA) is 33.7 Å². The Bertz CT molecular complexity index is 931. The first-order valence-electron chi connectivity index (χ1n) is 9.85. The van der Waals surface area contributed by atoms with Crippen molar-refractivity contribution in [2.24, 2.45) is 0 Å². The maximum Gasteiger partial charge on any atom is 0.161 e. The summed E-state index contributed by atoms with van der Waals surface area (Å²) < 4.78 is 10.7. The molecule has 4 nitrogen and oxygen atoms in total. The third kappa shape index (κ3) is 4.36. The molecule has 1 aliphatic rings. The van der Waals surface area contributed by atoms with Gasteiger partial charge in [-0.3, -0.25) is 0 Å². The van der Waals surface area contributed by atoms with Crippen molar-refractivity contribution < 1.29 is 9.47 Å². The molecule has 0 unspecified atom stereocenters. The quantitative estimate of drug-likeness (QED) is 0.501. The van der Waals surface area contributed by atoms with Crippen LogP contribution in [-0.2, 0) is 6.54 Å². The number of benzene rings is 3. The van der Waals surface area contributed by atoms with E-state index in [1.54, 1.807) is 14.2 Å². The Hall–Kier alpha value is -2.63. The Labute approximate surface area is 176 Å². The number of anilines is 2. The molecular formula is C24H26N2O2S. The summed E-state index contributed by atoms with van der Waals surface area (Å²) in [7, 11) is 3.33. The average molecular weight is 407 g/mol. The lowest BCUT2D eigenvalue weighted by Crippen LogP contribution is -2.25. The number of rotatable bonds is 8. The summed E-state index contributed by atoms with van der Waals surface area (Å²) in [5.41, 5.74) is 3.79. The number of fused-ring (bicyclic) bond motifs is 2. The van der Waals surface area contributed by atoms with E-state index >= 15 is 0 Å². The molecule has 0 saturated carbocycles. The lowest BCUT2D eigenvalue weighted by molar-refractivity contribution is 0.354. The van der Waals surface area contributed by atoms with Crippen LogP contribution in [0.15, 0.2) is 76.5 Å². The molecule has 5 heteroatoms. The lowest BCUT2D eigenvalue weighted by Gasteiger charge is -2.32. The summed E-state index contributed by atoms with van der Waals surface area (Å²) in [5.74, 6) is 1.53. The van der Waals surface area contributed by atoms with E-state index in [-0.39, 0.29) is 0 Å². The van der Waals surface area contributed by atoms with Gasteiger partial charge in [0.05, 0.1) is 25.6 Å². The fraction of sp³-hybridized carbons (Fsp3) is 0.250. The number of hydrogen-bond acceptors (Lipinski definition) is 5. The lowest BCUT2D eigenvalue weighted by atomic mass is 10.2. The number of methoxy groups -OCH3 is 2. The minimum absolute atomic E-state index is 0.761. The fourth-order valence-electron chi connectivity index (χ4n) is 3.61. The summed E-state index contributed by atoms with van der Waals surface area (Å²) >= 11 is 1.85. The standard InChI is InChI=1S/C24H26N2O2S/c1-27-21-13-12-18(16-22(21)28-2)17-25-14-7-15-26-19-8-3-5-10-23(19)29-24-11-6-4-9-20(24)26/h3-6,8-13,16,25H,7,14-15,17H2,1-2H3. The van der Waals surface area contributed by atoms with Crippen LogP contribution in [0.4, 0.5) is 11.4 Å². The zero-order valence-electron chi connectivity index (χ0n) is 16.9. The van der Waals surface area contributed by atoms with E-state index in [0.29, 0.717) is 0 Å². The summed E-state index contributed by atoms with van der Waals surface area (Å²) in [6.45, 7) is 2.74. The second kappa shape index (κ2) is 9.25. The summed E-state index contributed by atoms with van der Waals surface area (Å²) in [5, 5.41) is 3.55. The molecule has 0 fully saturated rings. The Balaban J connectivity index is 1.36. The molecule has 150 valence electrons. The van der Waals surface area contributed by atoms with E-state index in [0.717, 1.165) is 37.6 Å². The second-order valence-corrected chi connectivity index (χ2v) is 7.99. The molecule has 0 spiro atoms. The third-order valence-corrected chi connectivity index (χ3v) is 6.17. The van der Waals surface area contributed by atoms with E-state index in [1.165, 1.54) is 26.7 Å².